The largest absolute Gasteiger partial charge is 0.293 e. The Morgan fingerprint density at radius 3 is 1.81 bits per heavy atom. The smallest absolute Gasteiger partial charge is 0.145 e. The summed E-state index contributed by atoms with van der Waals surface area (Å²) < 4.78 is 4.70. The summed E-state index contributed by atoms with van der Waals surface area (Å²) in [5.41, 5.74) is 7.64. The SMILES string of the molecule is c1ccc(-c2nc(-c3ccccc3)n3c4ccccc4c4ccc5c6ccccc6n(-c6ccccn6)c5c4c23)cc1. The van der Waals surface area contributed by atoms with Crippen LogP contribution in [-0.4, -0.2) is 18.9 Å². The zero-order chi connectivity index (χ0) is 27.6. The molecule has 0 aliphatic carbocycles. The lowest BCUT2D eigenvalue weighted by atomic mass is 9.99. The van der Waals surface area contributed by atoms with E-state index in [0.717, 1.165) is 50.5 Å². The first kappa shape index (κ1) is 23.0. The van der Waals surface area contributed by atoms with Crippen LogP contribution in [0, 0.1) is 0 Å². The van der Waals surface area contributed by atoms with E-state index < -0.39 is 0 Å². The molecule has 4 heterocycles. The maximum atomic E-state index is 5.43. The molecule has 9 aromatic rings. The van der Waals surface area contributed by atoms with Gasteiger partial charge >= 0.3 is 0 Å². The van der Waals surface area contributed by atoms with E-state index in [9.17, 15) is 0 Å². The minimum Gasteiger partial charge on any atom is -0.293 e. The molecule has 42 heavy (non-hydrogen) atoms. The third kappa shape index (κ3) is 3.17. The van der Waals surface area contributed by atoms with Crippen LogP contribution >= 0.6 is 0 Å². The monoisotopic (exact) mass is 536 g/mol. The summed E-state index contributed by atoms with van der Waals surface area (Å²) in [6, 6.07) is 49.1. The highest BCUT2D eigenvalue weighted by Gasteiger charge is 2.24. The average molecular weight is 537 g/mol. The molecule has 0 bridgehead atoms. The summed E-state index contributed by atoms with van der Waals surface area (Å²) in [5.74, 6) is 1.83. The summed E-state index contributed by atoms with van der Waals surface area (Å²) in [5, 5.41) is 5.95. The predicted molar refractivity (Wildman–Crippen MR) is 173 cm³/mol. The Kier molecular flexibility index (Phi) is 4.87. The number of hydrogen-bond donors (Lipinski definition) is 0. The number of fused-ring (bicyclic) bond motifs is 10. The molecule has 0 atom stereocenters. The van der Waals surface area contributed by atoms with Gasteiger partial charge in [-0.15, -0.1) is 0 Å². The minimum atomic E-state index is 0.895. The van der Waals surface area contributed by atoms with Crippen molar-refractivity contribution >= 4 is 49.0 Å². The fourth-order valence-corrected chi connectivity index (χ4v) is 6.61. The van der Waals surface area contributed by atoms with Gasteiger partial charge in [-0.1, -0.05) is 115 Å². The van der Waals surface area contributed by atoms with Crippen LogP contribution in [-0.2, 0) is 0 Å². The maximum absolute atomic E-state index is 5.43. The van der Waals surface area contributed by atoms with Gasteiger partial charge in [0, 0.05) is 38.9 Å². The predicted octanol–water partition coefficient (Wildman–Crippen LogP) is 9.47. The Hall–Kier alpha value is -5.74. The van der Waals surface area contributed by atoms with Gasteiger partial charge in [0.1, 0.15) is 11.6 Å². The number of pyridine rings is 2. The molecular weight excluding hydrogens is 512 g/mol. The van der Waals surface area contributed by atoms with Crippen molar-refractivity contribution in [2.75, 3.05) is 0 Å². The number of para-hydroxylation sites is 2. The van der Waals surface area contributed by atoms with Crippen molar-refractivity contribution in [3.8, 4) is 28.5 Å². The number of nitrogens with zero attached hydrogens (tertiary/aromatic N) is 4. The third-order valence-corrected chi connectivity index (χ3v) is 8.34. The zero-order valence-corrected chi connectivity index (χ0v) is 22.6. The first-order chi connectivity index (χ1) is 20.9. The molecule has 0 N–H and O–H groups in total. The summed E-state index contributed by atoms with van der Waals surface area (Å²) in [6.07, 6.45) is 1.87. The van der Waals surface area contributed by atoms with Crippen molar-refractivity contribution in [2.45, 2.75) is 0 Å². The van der Waals surface area contributed by atoms with Gasteiger partial charge in [0.2, 0.25) is 0 Å². The van der Waals surface area contributed by atoms with Crippen LogP contribution in [0.5, 0.6) is 0 Å². The summed E-state index contributed by atoms with van der Waals surface area (Å²) in [6.45, 7) is 0. The molecule has 196 valence electrons. The normalized spacial score (nSPS) is 11.8. The van der Waals surface area contributed by atoms with Crippen molar-refractivity contribution in [3.05, 3.63) is 146 Å². The molecule has 5 aromatic carbocycles. The first-order valence-corrected chi connectivity index (χ1v) is 14.2. The van der Waals surface area contributed by atoms with Crippen LogP contribution in [0.25, 0.3) is 77.5 Å². The Morgan fingerprint density at radius 2 is 1.07 bits per heavy atom. The van der Waals surface area contributed by atoms with E-state index in [0.29, 0.717) is 0 Å². The van der Waals surface area contributed by atoms with E-state index in [1.165, 1.54) is 26.9 Å². The van der Waals surface area contributed by atoms with Crippen molar-refractivity contribution in [1.29, 1.82) is 0 Å². The number of imidazole rings is 1. The number of hydrogen-bond acceptors (Lipinski definition) is 2. The summed E-state index contributed by atoms with van der Waals surface area (Å²) in [7, 11) is 0. The highest BCUT2D eigenvalue weighted by atomic mass is 15.1. The fraction of sp³-hybridized carbons (Fsp3) is 0. The second-order valence-corrected chi connectivity index (χ2v) is 10.6. The highest BCUT2D eigenvalue weighted by molar-refractivity contribution is 6.28. The fourth-order valence-electron chi connectivity index (χ4n) is 6.61. The second kappa shape index (κ2) is 8.88. The lowest BCUT2D eigenvalue weighted by Crippen LogP contribution is -1.99. The van der Waals surface area contributed by atoms with Crippen LogP contribution < -0.4 is 0 Å². The van der Waals surface area contributed by atoms with Crippen LogP contribution in [0.3, 0.4) is 0 Å². The van der Waals surface area contributed by atoms with Crippen LogP contribution in [0.4, 0.5) is 0 Å². The van der Waals surface area contributed by atoms with E-state index in [4.69, 9.17) is 9.97 Å². The van der Waals surface area contributed by atoms with Gasteiger partial charge in [0.15, 0.2) is 0 Å². The number of benzene rings is 5. The summed E-state index contributed by atoms with van der Waals surface area (Å²) >= 11 is 0. The van der Waals surface area contributed by atoms with Gasteiger partial charge in [0.05, 0.1) is 27.8 Å². The van der Waals surface area contributed by atoms with Gasteiger partial charge in [-0.2, -0.15) is 0 Å². The van der Waals surface area contributed by atoms with Crippen molar-refractivity contribution in [1.82, 2.24) is 18.9 Å². The molecule has 0 saturated carbocycles. The topological polar surface area (TPSA) is 35.1 Å². The van der Waals surface area contributed by atoms with Crippen molar-refractivity contribution in [3.63, 3.8) is 0 Å². The number of rotatable bonds is 3. The van der Waals surface area contributed by atoms with E-state index in [1.54, 1.807) is 0 Å². The molecule has 0 aliphatic rings. The molecular formula is C38H24N4. The maximum Gasteiger partial charge on any atom is 0.145 e. The molecule has 0 spiro atoms. The third-order valence-electron chi connectivity index (χ3n) is 8.34. The number of aromatic nitrogens is 4. The molecule has 0 fully saturated rings. The molecule has 0 unspecified atom stereocenters. The highest BCUT2D eigenvalue weighted by Crippen LogP contribution is 2.44. The molecule has 4 heteroatoms. The van der Waals surface area contributed by atoms with Gasteiger partial charge < -0.3 is 0 Å². The zero-order valence-electron chi connectivity index (χ0n) is 22.6. The van der Waals surface area contributed by atoms with E-state index in [-0.39, 0.29) is 0 Å². The lowest BCUT2D eigenvalue weighted by molar-refractivity contribution is 1.08. The van der Waals surface area contributed by atoms with Crippen LogP contribution in [0.1, 0.15) is 0 Å². The van der Waals surface area contributed by atoms with Gasteiger partial charge in [-0.3, -0.25) is 8.97 Å². The molecule has 9 rings (SSSR count). The molecule has 4 aromatic heterocycles. The van der Waals surface area contributed by atoms with Gasteiger partial charge in [-0.25, -0.2) is 9.97 Å². The van der Waals surface area contributed by atoms with Crippen LogP contribution in [0.2, 0.25) is 0 Å². The molecule has 0 saturated heterocycles. The second-order valence-electron chi connectivity index (χ2n) is 10.6. The average Bonchev–Trinajstić information content (AvgIpc) is 3.63. The van der Waals surface area contributed by atoms with E-state index >= 15 is 0 Å². The Labute approximate surface area is 241 Å². The van der Waals surface area contributed by atoms with E-state index in [2.05, 4.69) is 142 Å². The Balaban J connectivity index is 1.62. The quantitative estimate of drug-likeness (QED) is 0.211. The van der Waals surface area contributed by atoms with Gasteiger partial charge in [0.25, 0.3) is 0 Å². The Bertz CT molecular complexity index is 2440. The van der Waals surface area contributed by atoms with E-state index in [1.807, 2.05) is 12.3 Å². The standard InChI is InChI=1S/C38H24N4/c1-3-13-25(14-4-1)35-37-34-29(27-17-7-10-20-32(27)42(37)38(40-35)26-15-5-2-6-16-26)22-23-30-28-18-8-9-19-31(28)41(36(30)34)33-21-11-12-24-39-33/h1-24H. The molecule has 0 amide bonds. The molecule has 4 nitrogen and oxygen atoms in total. The summed E-state index contributed by atoms with van der Waals surface area (Å²) in [4.78, 5) is 10.3. The first-order valence-electron chi connectivity index (χ1n) is 14.2. The van der Waals surface area contributed by atoms with Crippen molar-refractivity contribution in [2.24, 2.45) is 0 Å². The minimum absolute atomic E-state index is 0.895. The molecule has 0 aliphatic heterocycles. The van der Waals surface area contributed by atoms with Crippen LogP contribution in [0.15, 0.2) is 146 Å². The van der Waals surface area contributed by atoms with Gasteiger partial charge in [-0.05, 0) is 29.7 Å². The lowest BCUT2D eigenvalue weighted by Gasteiger charge is -2.14. The molecule has 0 radical (unpaired) electrons. The Morgan fingerprint density at radius 1 is 0.452 bits per heavy atom. The van der Waals surface area contributed by atoms with Crippen molar-refractivity contribution < 1.29 is 0 Å².